The molecule has 1 atom stereocenters. The standard InChI is InChI=1S/C16H23N3O2/c1-3-18-9-5-4-6-12(18)11-19-15-8-7-13(21-2)10-14(15)17-16(19)20/h7-8,10,12H,3-6,9,11H2,1-2H3,(H,17,20). The number of ether oxygens (including phenoxy) is 1. The Bertz CT molecular complexity index is 674. The molecule has 0 amide bonds. The number of nitrogens with one attached hydrogen (secondary N) is 1. The number of rotatable bonds is 4. The van der Waals surface area contributed by atoms with E-state index in [0.717, 1.165) is 36.4 Å². The number of H-pyrrole nitrogens is 1. The van der Waals surface area contributed by atoms with E-state index in [1.54, 1.807) is 7.11 Å². The van der Waals surface area contributed by atoms with Crippen LogP contribution in [0.2, 0.25) is 0 Å². The molecular weight excluding hydrogens is 266 g/mol. The van der Waals surface area contributed by atoms with Crippen molar-refractivity contribution < 1.29 is 4.74 Å². The lowest BCUT2D eigenvalue weighted by Gasteiger charge is -2.34. The van der Waals surface area contributed by atoms with E-state index in [9.17, 15) is 4.79 Å². The fourth-order valence-electron chi connectivity index (χ4n) is 3.34. The first-order valence-corrected chi connectivity index (χ1v) is 7.73. The molecule has 0 aliphatic carbocycles. The SMILES string of the molecule is CCN1CCCCC1Cn1c(=O)[nH]c2cc(OC)ccc21. The number of imidazole rings is 1. The van der Waals surface area contributed by atoms with Crippen molar-refractivity contribution in [1.82, 2.24) is 14.5 Å². The van der Waals surface area contributed by atoms with Crippen molar-refractivity contribution in [2.75, 3.05) is 20.2 Å². The van der Waals surface area contributed by atoms with E-state index in [-0.39, 0.29) is 5.69 Å². The third-order valence-electron chi connectivity index (χ3n) is 4.53. The van der Waals surface area contributed by atoms with Gasteiger partial charge in [-0.05, 0) is 38.1 Å². The van der Waals surface area contributed by atoms with Crippen molar-refractivity contribution in [3.05, 3.63) is 28.7 Å². The second-order valence-electron chi connectivity index (χ2n) is 5.70. The van der Waals surface area contributed by atoms with Gasteiger partial charge in [0, 0.05) is 18.7 Å². The average Bonchev–Trinajstić information content (AvgIpc) is 2.83. The van der Waals surface area contributed by atoms with E-state index < -0.39 is 0 Å². The summed E-state index contributed by atoms with van der Waals surface area (Å²) in [5.41, 5.74) is 1.78. The molecule has 1 fully saturated rings. The summed E-state index contributed by atoms with van der Waals surface area (Å²) in [5, 5.41) is 0. The summed E-state index contributed by atoms with van der Waals surface area (Å²) in [6, 6.07) is 6.21. The molecule has 1 unspecified atom stereocenters. The maximum atomic E-state index is 12.3. The Balaban J connectivity index is 1.92. The first-order chi connectivity index (χ1) is 10.2. The van der Waals surface area contributed by atoms with Crippen LogP contribution >= 0.6 is 0 Å². The number of benzene rings is 1. The first kappa shape index (κ1) is 14.2. The van der Waals surface area contributed by atoms with E-state index in [2.05, 4.69) is 16.8 Å². The molecule has 2 aromatic rings. The largest absolute Gasteiger partial charge is 0.497 e. The van der Waals surface area contributed by atoms with Gasteiger partial charge >= 0.3 is 5.69 Å². The van der Waals surface area contributed by atoms with Gasteiger partial charge < -0.3 is 9.72 Å². The zero-order valence-corrected chi connectivity index (χ0v) is 12.8. The van der Waals surface area contributed by atoms with Gasteiger partial charge in [0.05, 0.1) is 18.1 Å². The van der Waals surface area contributed by atoms with Crippen LogP contribution in [0.5, 0.6) is 5.75 Å². The van der Waals surface area contributed by atoms with Crippen LogP contribution in [-0.4, -0.2) is 40.7 Å². The van der Waals surface area contributed by atoms with Crippen LogP contribution in [0.1, 0.15) is 26.2 Å². The van der Waals surface area contributed by atoms with Crippen molar-refractivity contribution in [2.24, 2.45) is 0 Å². The van der Waals surface area contributed by atoms with Crippen LogP contribution in [-0.2, 0) is 6.54 Å². The highest BCUT2D eigenvalue weighted by Crippen LogP contribution is 2.21. The normalized spacial score (nSPS) is 20.0. The second-order valence-corrected chi connectivity index (χ2v) is 5.70. The molecule has 5 nitrogen and oxygen atoms in total. The van der Waals surface area contributed by atoms with Gasteiger partial charge in [-0.1, -0.05) is 13.3 Å². The summed E-state index contributed by atoms with van der Waals surface area (Å²) in [5.74, 6) is 0.767. The average molecular weight is 289 g/mol. The summed E-state index contributed by atoms with van der Waals surface area (Å²) in [6.07, 6.45) is 3.69. The number of likely N-dealkylation sites (N-methyl/N-ethyl adjacent to an activating group) is 1. The fraction of sp³-hybridized carbons (Fsp3) is 0.562. The summed E-state index contributed by atoms with van der Waals surface area (Å²) in [6.45, 7) is 5.15. The topological polar surface area (TPSA) is 50.3 Å². The van der Waals surface area contributed by atoms with Crippen LogP contribution in [0.25, 0.3) is 11.0 Å². The maximum absolute atomic E-state index is 12.3. The molecule has 1 N–H and O–H groups in total. The zero-order chi connectivity index (χ0) is 14.8. The quantitative estimate of drug-likeness (QED) is 0.939. The van der Waals surface area contributed by atoms with E-state index in [4.69, 9.17) is 4.74 Å². The molecule has 2 heterocycles. The van der Waals surface area contributed by atoms with Gasteiger partial charge in [-0.15, -0.1) is 0 Å². The smallest absolute Gasteiger partial charge is 0.326 e. The number of fused-ring (bicyclic) bond motifs is 1. The lowest BCUT2D eigenvalue weighted by molar-refractivity contribution is 0.140. The molecule has 0 saturated carbocycles. The number of likely N-dealkylation sites (tertiary alicyclic amines) is 1. The van der Waals surface area contributed by atoms with E-state index in [1.165, 1.54) is 19.3 Å². The molecular formula is C16H23N3O2. The predicted octanol–water partition coefficient (Wildman–Crippen LogP) is 2.21. The Kier molecular flexibility index (Phi) is 4.01. The van der Waals surface area contributed by atoms with Crippen LogP contribution in [0.3, 0.4) is 0 Å². The van der Waals surface area contributed by atoms with Gasteiger partial charge in [-0.2, -0.15) is 0 Å². The molecule has 114 valence electrons. The minimum absolute atomic E-state index is 0.0279. The van der Waals surface area contributed by atoms with Crippen molar-refractivity contribution in [3.8, 4) is 5.75 Å². The monoisotopic (exact) mass is 289 g/mol. The molecule has 1 aromatic carbocycles. The Hall–Kier alpha value is -1.75. The highest BCUT2D eigenvalue weighted by Gasteiger charge is 2.22. The molecule has 1 aliphatic rings. The number of hydrogen-bond donors (Lipinski definition) is 1. The molecule has 1 aromatic heterocycles. The lowest BCUT2D eigenvalue weighted by atomic mass is 10.0. The van der Waals surface area contributed by atoms with E-state index >= 15 is 0 Å². The third kappa shape index (κ3) is 2.70. The second kappa shape index (κ2) is 5.93. The first-order valence-electron chi connectivity index (χ1n) is 7.73. The van der Waals surface area contributed by atoms with Crippen molar-refractivity contribution in [2.45, 2.75) is 38.8 Å². The van der Waals surface area contributed by atoms with Crippen molar-refractivity contribution >= 4 is 11.0 Å². The minimum Gasteiger partial charge on any atom is -0.497 e. The van der Waals surface area contributed by atoms with Gasteiger partial charge in [0.15, 0.2) is 0 Å². The minimum atomic E-state index is -0.0279. The highest BCUT2D eigenvalue weighted by molar-refractivity contribution is 5.76. The summed E-state index contributed by atoms with van der Waals surface area (Å²) >= 11 is 0. The molecule has 0 bridgehead atoms. The number of nitrogens with zero attached hydrogens (tertiary/aromatic N) is 2. The molecule has 1 saturated heterocycles. The van der Waals surface area contributed by atoms with E-state index in [0.29, 0.717) is 6.04 Å². The molecule has 21 heavy (non-hydrogen) atoms. The molecule has 0 radical (unpaired) electrons. The maximum Gasteiger partial charge on any atom is 0.326 e. The van der Waals surface area contributed by atoms with Gasteiger partial charge in [-0.25, -0.2) is 4.79 Å². The molecule has 3 rings (SSSR count). The molecule has 0 spiro atoms. The number of methoxy groups -OCH3 is 1. The number of hydrogen-bond acceptors (Lipinski definition) is 3. The Morgan fingerprint density at radius 3 is 3.00 bits per heavy atom. The van der Waals surface area contributed by atoms with Crippen molar-refractivity contribution in [3.63, 3.8) is 0 Å². The summed E-state index contributed by atoms with van der Waals surface area (Å²) < 4.78 is 7.08. The van der Waals surface area contributed by atoms with Crippen LogP contribution in [0.15, 0.2) is 23.0 Å². The lowest BCUT2D eigenvalue weighted by Crippen LogP contribution is -2.43. The molecule has 5 heteroatoms. The number of aromatic nitrogens is 2. The number of aromatic amines is 1. The van der Waals surface area contributed by atoms with Crippen LogP contribution in [0.4, 0.5) is 0 Å². The van der Waals surface area contributed by atoms with Crippen molar-refractivity contribution in [1.29, 1.82) is 0 Å². The van der Waals surface area contributed by atoms with Gasteiger partial charge in [-0.3, -0.25) is 9.47 Å². The van der Waals surface area contributed by atoms with Gasteiger partial charge in [0.2, 0.25) is 0 Å². The summed E-state index contributed by atoms with van der Waals surface area (Å²) in [4.78, 5) is 17.7. The third-order valence-corrected chi connectivity index (χ3v) is 4.53. The van der Waals surface area contributed by atoms with Gasteiger partial charge in [0.1, 0.15) is 5.75 Å². The summed E-state index contributed by atoms with van der Waals surface area (Å²) in [7, 11) is 1.64. The zero-order valence-electron chi connectivity index (χ0n) is 12.8. The predicted molar refractivity (Wildman–Crippen MR) is 84.0 cm³/mol. The van der Waals surface area contributed by atoms with Crippen LogP contribution in [0, 0.1) is 0 Å². The molecule has 1 aliphatic heterocycles. The Morgan fingerprint density at radius 2 is 2.24 bits per heavy atom. The Labute approximate surface area is 124 Å². The fourth-order valence-corrected chi connectivity index (χ4v) is 3.34. The highest BCUT2D eigenvalue weighted by atomic mass is 16.5. The van der Waals surface area contributed by atoms with Gasteiger partial charge in [0.25, 0.3) is 0 Å². The Morgan fingerprint density at radius 1 is 1.38 bits per heavy atom. The van der Waals surface area contributed by atoms with Crippen LogP contribution < -0.4 is 10.4 Å². The van der Waals surface area contributed by atoms with E-state index in [1.807, 2.05) is 22.8 Å². The number of piperidine rings is 1.